The summed E-state index contributed by atoms with van der Waals surface area (Å²) in [6.45, 7) is -2.93. The lowest BCUT2D eigenvalue weighted by molar-refractivity contribution is -0.0498. The van der Waals surface area contributed by atoms with E-state index in [-0.39, 0.29) is 22.4 Å². The molecule has 0 aliphatic carbocycles. The Kier molecular flexibility index (Phi) is 4.30. The van der Waals surface area contributed by atoms with E-state index in [9.17, 15) is 13.6 Å². The number of nitrogens with zero attached hydrogens (tertiary/aromatic N) is 3. The SMILES string of the molecule is COc1ncc2cc(Cl)c(=O)n(-c3ccc(OC(F)F)cc3)c2n1. The van der Waals surface area contributed by atoms with Gasteiger partial charge < -0.3 is 9.47 Å². The van der Waals surface area contributed by atoms with Gasteiger partial charge in [-0.05, 0) is 30.3 Å². The molecule has 0 atom stereocenters. The predicted octanol–water partition coefficient (Wildman–Crippen LogP) is 3.04. The molecule has 24 heavy (non-hydrogen) atoms. The quantitative estimate of drug-likeness (QED) is 0.721. The predicted molar refractivity (Wildman–Crippen MR) is 83.3 cm³/mol. The molecule has 0 amide bonds. The summed E-state index contributed by atoms with van der Waals surface area (Å²) < 4.78 is 35.0. The van der Waals surface area contributed by atoms with E-state index in [2.05, 4.69) is 14.7 Å². The topological polar surface area (TPSA) is 66.2 Å². The number of halogens is 3. The zero-order valence-corrected chi connectivity index (χ0v) is 13.0. The fourth-order valence-corrected chi connectivity index (χ4v) is 2.37. The summed E-state index contributed by atoms with van der Waals surface area (Å²) in [6, 6.07) is 7.06. The first-order chi connectivity index (χ1) is 11.5. The van der Waals surface area contributed by atoms with Crippen molar-refractivity contribution in [2.24, 2.45) is 0 Å². The average molecular weight is 354 g/mol. The molecule has 0 aliphatic rings. The highest BCUT2D eigenvalue weighted by Gasteiger charge is 2.13. The number of rotatable bonds is 4. The van der Waals surface area contributed by atoms with Crippen molar-refractivity contribution in [1.29, 1.82) is 0 Å². The molecule has 0 radical (unpaired) electrons. The monoisotopic (exact) mass is 353 g/mol. The Morgan fingerprint density at radius 1 is 1.25 bits per heavy atom. The second-order valence-corrected chi connectivity index (χ2v) is 5.05. The van der Waals surface area contributed by atoms with Crippen molar-refractivity contribution < 1.29 is 18.3 Å². The van der Waals surface area contributed by atoms with Crippen LogP contribution in [0.15, 0.2) is 41.3 Å². The molecule has 1 aromatic carbocycles. The van der Waals surface area contributed by atoms with Gasteiger partial charge >= 0.3 is 12.6 Å². The maximum atomic E-state index is 12.4. The lowest BCUT2D eigenvalue weighted by atomic mass is 10.2. The summed E-state index contributed by atoms with van der Waals surface area (Å²) in [6.07, 6.45) is 1.47. The van der Waals surface area contributed by atoms with Gasteiger partial charge in [-0.1, -0.05) is 11.6 Å². The van der Waals surface area contributed by atoms with Gasteiger partial charge in [-0.25, -0.2) is 4.98 Å². The van der Waals surface area contributed by atoms with E-state index < -0.39 is 12.2 Å². The zero-order chi connectivity index (χ0) is 17.3. The smallest absolute Gasteiger partial charge is 0.387 e. The van der Waals surface area contributed by atoms with Crippen molar-refractivity contribution in [3.8, 4) is 17.4 Å². The van der Waals surface area contributed by atoms with Crippen LogP contribution in [0.25, 0.3) is 16.7 Å². The Bertz CT molecular complexity index is 945. The summed E-state index contributed by atoms with van der Waals surface area (Å²) in [5.74, 6) is -0.0275. The first-order valence-electron chi connectivity index (χ1n) is 6.67. The standard InChI is InChI=1S/C15H10ClF2N3O3/c1-23-15-19-7-8-6-11(16)13(22)21(12(8)20-15)9-2-4-10(5-3-9)24-14(17)18/h2-7,14H,1H3. The second-order valence-electron chi connectivity index (χ2n) is 4.64. The third-order valence-corrected chi connectivity index (χ3v) is 3.45. The van der Waals surface area contributed by atoms with Crippen LogP contribution in [0.1, 0.15) is 0 Å². The normalized spacial score (nSPS) is 11.0. The number of methoxy groups -OCH3 is 1. The van der Waals surface area contributed by atoms with E-state index in [1.54, 1.807) is 0 Å². The van der Waals surface area contributed by atoms with Crippen molar-refractivity contribution in [3.63, 3.8) is 0 Å². The lowest BCUT2D eigenvalue weighted by Gasteiger charge is -2.11. The lowest BCUT2D eigenvalue weighted by Crippen LogP contribution is -2.20. The molecule has 2 aromatic heterocycles. The van der Waals surface area contributed by atoms with Crippen molar-refractivity contribution in [1.82, 2.24) is 14.5 Å². The molecule has 0 bridgehead atoms. The fourth-order valence-electron chi connectivity index (χ4n) is 2.16. The largest absolute Gasteiger partial charge is 0.467 e. The molecule has 9 heteroatoms. The molecular formula is C15H10ClF2N3O3. The highest BCUT2D eigenvalue weighted by atomic mass is 35.5. The van der Waals surface area contributed by atoms with Gasteiger partial charge in [0.05, 0.1) is 12.8 Å². The van der Waals surface area contributed by atoms with Crippen molar-refractivity contribution in [2.75, 3.05) is 7.11 Å². The number of hydrogen-bond donors (Lipinski definition) is 0. The number of ether oxygens (including phenoxy) is 2. The molecular weight excluding hydrogens is 344 g/mol. The third-order valence-electron chi connectivity index (χ3n) is 3.18. The number of alkyl halides is 2. The number of hydrogen-bond acceptors (Lipinski definition) is 5. The Balaban J connectivity index is 2.20. The number of aromatic nitrogens is 3. The van der Waals surface area contributed by atoms with Crippen LogP contribution in [0, 0.1) is 0 Å². The molecule has 0 fully saturated rings. The van der Waals surface area contributed by atoms with Crippen LogP contribution in [0.3, 0.4) is 0 Å². The van der Waals surface area contributed by atoms with Crippen LogP contribution in [-0.4, -0.2) is 28.3 Å². The van der Waals surface area contributed by atoms with Gasteiger partial charge in [-0.3, -0.25) is 9.36 Å². The van der Waals surface area contributed by atoms with E-state index in [4.69, 9.17) is 16.3 Å². The summed E-state index contributed by atoms with van der Waals surface area (Å²) in [5, 5.41) is 0.498. The van der Waals surface area contributed by atoms with Crippen LogP contribution in [0.5, 0.6) is 11.8 Å². The summed E-state index contributed by atoms with van der Waals surface area (Å²) in [5.41, 5.74) is 0.154. The molecule has 0 unspecified atom stereocenters. The highest BCUT2D eigenvalue weighted by Crippen LogP contribution is 2.22. The van der Waals surface area contributed by atoms with Gasteiger partial charge in [0, 0.05) is 11.6 Å². The van der Waals surface area contributed by atoms with Crippen molar-refractivity contribution in [3.05, 3.63) is 51.9 Å². The van der Waals surface area contributed by atoms with Gasteiger partial charge in [-0.2, -0.15) is 13.8 Å². The average Bonchev–Trinajstić information content (AvgIpc) is 2.56. The molecule has 3 rings (SSSR count). The van der Waals surface area contributed by atoms with Crippen LogP contribution in [0.4, 0.5) is 8.78 Å². The zero-order valence-electron chi connectivity index (χ0n) is 12.2. The van der Waals surface area contributed by atoms with E-state index in [0.29, 0.717) is 11.1 Å². The second kappa shape index (κ2) is 6.40. The third kappa shape index (κ3) is 3.00. The van der Waals surface area contributed by atoms with E-state index in [1.807, 2.05) is 0 Å². The minimum atomic E-state index is -2.93. The van der Waals surface area contributed by atoms with Gasteiger partial charge in [0.15, 0.2) is 5.65 Å². The van der Waals surface area contributed by atoms with Crippen LogP contribution >= 0.6 is 11.6 Å². The van der Waals surface area contributed by atoms with E-state index in [1.165, 1.54) is 48.2 Å². The maximum absolute atomic E-state index is 12.4. The Morgan fingerprint density at radius 3 is 2.58 bits per heavy atom. The summed E-state index contributed by atoms with van der Waals surface area (Å²) in [7, 11) is 1.40. The molecule has 2 heterocycles. The fraction of sp³-hybridized carbons (Fsp3) is 0.133. The molecule has 0 saturated heterocycles. The Hall–Kier alpha value is -2.74. The molecule has 6 nitrogen and oxygen atoms in total. The summed E-state index contributed by atoms with van der Waals surface area (Å²) in [4.78, 5) is 20.6. The van der Waals surface area contributed by atoms with E-state index in [0.717, 1.165) is 0 Å². The van der Waals surface area contributed by atoms with Gasteiger partial charge in [0.1, 0.15) is 10.8 Å². The molecule has 3 aromatic rings. The van der Waals surface area contributed by atoms with Crippen LogP contribution in [-0.2, 0) is 0 Å². The number of pyridine rings is 1. The van der Waals surface area contributed by atoms with Crippen LogP contribution < -0.4 is 15.0 Å². The van der Waals surface area contributed by atoms with Gasteiger partial charge in [-0.15, -0.1) is 0 Å². The molecule has 124 valence electrons. The number of fused-ring (bicyclic) bond motifs is 1. The molecule has 0 N–H and O–H groups in total. The Morgan fingerprint density at radius 2 is 1.96 bits per heavy atom. The van der Waals surface area contributed by atoms with E-state index >= 15 is 0 Å². The first-order valence-corrected chi connectivity index (χ1v) is 7.05. The highest BCUT2D eigenvalue weighted by molar-refractivity contribution is 6.31. The minimum absolute atomic E-state index is 0.0239. The molecule has 0 aliphatic heterocycles. The van der Waals surface area contributed by atoms with Crippen molar-refractivity contribution >= 4 is 22.6 Å². The maximum Gasteiger partial charge on any atom is 0.387 e. The first kappa shape index (κ1) is 16.1. The van der Waals surface area contributed by atoms with Gasteiger partial charge in [0.25, 0.3) is 5.56 Å². The Labute approximate surface area is 139 Å². The number of benzene rings is 1. The minimum Gasteiger partial charge on any atom is -0.467 e. The van der Waals surface area contributed by atoms with Crippen LogP contribution in [0.2, 0.25) is 5.02 Å². The molecule has 0 spiro atoms. The molecule has 0 saturated carbocycles. The van der Waals surface area contributed by atoms with Crippen molar-refractivity contribution in [2.45, 2.75) is 6.61 Å². The summed E-state index contributed by atoms with van der Waals surface area (Å²) >= 11 is 5.97. The van der Waals surface area contributed by atoms with Gasteiger partial charge in [0.2, 0.25) is 0 Å².